The molecule has 0 N–H and O–H groups in total. The molecule has 0 saturated heterocycles. The average molecular weight is 430 g/mol. The number of hydrogen-bond acceptors (Lipinski definition) is 6. The molecule has 2 heterocycles. The molecule has 6 nitrogen and oxygen atoms in total. The van der Waals surface area contributed by atoms with Crippen LogP contribution in [0.15, 0.2) is 41.6 Å². The van der Waals surface area contributed by atoms with E-state index in [0.29, 0.717) is 6.20 Å². The van der Waals surface area contributed by atoms with Crippen molar-refractivity contribution in [1.82, 2.24) is 9.97 Å². The highest BCUT2D eigenvalue weighted by Gasteiger charge is 2.50. The van der Waals surface area contributed by atoms with Crippen LogP contribution >= 0.6 is 0 Å². The summed E-state index contributed by atoms with van der Waals surface area (Å²) in [5.74, 6) is -1.01. The monoisotopic (exact) mass is 430 g/mol. The van der Waals surface area contributed by atoms with Crippen LogP contribution in [0.5, 0.6) is 5.75 Å². The van der Waals surface area contributed by atoms with Crippen LogP contribution < -0.4 is 4.74 Å². The summed E-state index contributed by atoms with van der Waals surface area (Å²) in [7, 11) is -3.67. The molecule has 0 radical (unpaired) electrons. The molecule has 2 rings (SSSR count). The molecular formula is C15H12F6N2O4S. The number of hydrogen-bond donors (Lipinski definition) is 0. The molecule has 0 aromatic carbocycles. The van der Waals surface area contributed by atoms with Gasteiger partial charge in [0.15, 0.2) is 9.84 Å². The van der Waals surface area contributed by atoms with Crippen molar-refractivity contribution in [2.75, 3.05) is 5.75 Å². The maximum absolute atomic E-state index is 13.4. The first kappa shape index (κ1) is 21.9. The molecule has 0 aliphatic carbocycles. The van der Waals surface area contributed by atoms with Crippen LogP contribution in [0.3, 0.4) is 0 Å². The maximum Gasteiger partial charge on any atom is 0.525 e. The third kappa shape index (κ3) is 5.32. The highest BCUT2D eigenvalue weighted by Crippen LogP contribution is 2.32. The lowest BCUT2D eigenvalue weighted by Gasteiger charge is -2.22. The minimum absolute atomic E-state index is 0.0355. The van der Waals surface area contributed by atoms with Crippen molar-refractivity contribution >= 4 is 9.84 Å². The first-order valence-electron chi connectivity index (χ1n) is 7.45. The molecule has 1 atom stereocenters. The van der Waals surface area contributed by atoms with E-state index in [1.165, 1.54) is 25.3 Å². The van der Waals surface area contributed by atoms with Gasteiger partial charge in [0.1, 0.15) is 11.4 Å². The Bertz CT molecular complexity index is 919. The highest BCUT2D eigenvalue weighted by atomic mass is 32.2. The van der Waals surface area contributed by atoms with Crippen LogP contribution in [0.4, 0.5) is 26.3 Å². The summed E-state index contributed by atoms with van der Waals surface area (Å²) in [5, 5.41) is 0. The number of sulfone groups is 1. The Labute approximate surface area is 155 Å². The Hall–Kier alpha value is -2.41. The lowest BCUT2D eigenvalue weighted by atomic mass is 10.2. The molecule has 154 valence electrons. The van der Waals surface area contributed by atoms with Crippen molar-refractivity contribution in [3.63, 3.8) is 0 Å². The molecule has 0 spiro atoms. The Kier molecular flexibility index (Phi) is 6.18. The van der Waals surface area contributed by atoms with Crippen LogP contribution in [0.2, 0.25) is 0 Å². The van der Waals surface area contributed by atoms with E-state index >= 15 is 0 Å². The van der Waals surface area contributed by atoms with E-state index in [2.05, 4.69) is 19.4 Å². The van der Waals surface area contributed by atoms with Crippen molar-refractivity contribution in [1.29, 1.82) is 0 Å². The zero-order valence-corrected chi connectivity index (χ0v) is 14.8. The minimum Gasteiger partial charge on any atom is -0.427 e. The van der Waals surface area contributed by atoms with Crippen LogP contribution in [-0.2, 0) is 14.6 Å². The smallest absolute Gasteiger partial charge is 0.427 e. The molecule has 13 heteroatoms. The second-order valence-corrected chi connectivity index (χ2v) is 7.42. The van der Waals surface area contributed by atoms with Crippen LogP contribution in [0, 0.1) is 0 Å². The van der Waals surface area contributed by atoms with Crippen molar-refractivity contribution in [3.8, 4) is 17.1 Å². The van der Waals surface area contributed by atoms with Gasteiger partial charge >= 0.3 is 18.8 Å². The van der Waals surface area contributed by atoms with E-state index in [-0.39, 0.29) is 22.0 Å². The second-order valence-electron chi connectivity index (χ2n) is 5.18. The third-order valence-electron chi connectivity index (χ3n) is 3.22. The summed E-state index contributed by atoms with van der Waals surface area (Å²) in [4.78, 5) is 7.46. The number of rotatable bonds is 7. The zero-order valence-electron chi connectivity index (χ0n) is 14.0. The summed E-state index contributed by atoms with van der Waals surface area (Å²) in [6.45, 7) is 1.41. The van der Waals surface area contributed by atoms with Gasteiger partial charge in [0.05, 0.1) is 22.5 Å². The molecule has 28 heavy (non-hydrogen) atoms. The number of pyridine rings is 2. The second kappa shape index (κ2) is 7.91. The van der Waals surface area contributed by atoms with Crippen molar-refractivity contribution in [2.45, 2.75) is 30.6 Å². The van der Waals surface area contributed by atoms with Gasteiger partial charge in [-0.3, -0.25) is 9.97 Å². The molecule has 0 bridgehead atoms. The van der Waals surface area contributed by atoms with Crippen LogP contribution in [0.1, 0.15) is 6.92 Å². The van der Waals surface area contributed by atoms with Crippen molar-refractivity contribution in [3.05, 3.63) is 36.7 Å². The van der Waals surface area contributed by atoms with E-state index < -0.39 is 34.4 Å². The van der Waals surface area contributed by atoms with Gasteiger partial charge in [-0.25, -0.2) is 17.5 Å². The van der Waals surface area contributed by atoms with E-state index in [9.17, 15) is 34.8 Å². The highest BCUT2D eigenvalue weighted by molar-refractivity contribution is 7.91. The summed E-state index contributed by atoms with van der Waals surface area (Å²) in [5.41, 5.74) is -0.0990. The van der Waals surface area contributed by atoms with E-state index in [4.69, 9.17) is 0 Å². The van der Waals surface area contributed by atoms with Crippen molar-refractivity contribution in [2.24, 2.45) is 0 Å². The molecule has 1 unspecified atom stereocenters. The normalized spacial score (nSPS) is 14.0. The standard InChI is InChI=1S/C15H12F6N2O4S/c1-2-28(24,25)11-4-3-7-22-12(11)10-6-5-9(8-23-10)26-14(17,18)13(16)27-15(19,20)21/h3-8,13H,2H2,1H3. The van der Waals surface area contributed by atoms with Gasteiger partial charge < -0.3 is 4.74 Å². The summed E-state index contributed by atoms with van der Waals surface area (Å²) in [6, 6.07) is 4.55. The summed E-state index contributed by atoms with van der Waals surface area (Å²) in [6.07, 6.45) is -12.8. The van der Waals surface area contributed by atoms with E-state index in [0.717, 1.165) is 12.1 Å². The lowest BCUT2D eigenvalue weighted by Crippen LogP contribution is -2.41. The molecule has 2 aromatic heterocycles. The maximum atomic E-state index is 13.4. The van der Waals surface area contributed by atoms with Gasteiger partial charge in [-0.2, -0.15) is 8.78 Å². The number of halogens is 6. The quantitative estimate of drug-likeness (QED) is 0.623. The molecular weight excluding hydrogens is 418 g/mol. The Morgan fingerprint density at radius 2 is 1.79 bits per heavy atom. The fraction of sp³-hybridized carbons (Fsp3) is 0.333. The molecule has 0 aliphatic heterocycles. The fourth-order valence-corrected chi connectivity index (χ4v) is 3.01. The third-order valence-corrected chi connectivity index (χ3v) is 4.98. The molecule has 2 aromatic rings. The van der Waals surface area contributed by atoms with Gasteiger partial charge in [0.2, 0.25) is 0 Å². The topological polar surface area (TPSA) is 78.4 Å². The number of nitrogens with zero attached hydrogens (tertiary/aromatic N) is 2. The Morgan fingerprint density at radius 1 is 1.11 bits per heavy atom. The first-order valence-corrected chi connectivity index (χ1v) is 9.10. The zero-order chi connectivity index (χ0) is 21.2. The van der Waals surface area contributed by atoms with Gasteiger partial charge in [-0.1, -0.05) is 6.92 Å². The van der Waals surface area contributed by atoms with Gasteiger partial charge in [-0.05, 0) is 24.3 Å². The van der Waals surface area contributed by atoms with E-state index in [1.54, 1.807) is 0 Å². The van der Waals surface area contributed by atoms with Gasteiger partial charge in [0.25, 0.3) is 0 Å². The van der Waals surface area contributed by atoms with Gasteiger partial charge in [0, 0.05) is 6.20 Å². The van der Waals surface area contributed by atoms with Crippen LogP contribution in [0.25, 0.3) is 11.4 Å². The van der Waals surface area contributed by atoms with Crippen LogP contribution in [-0.4, -0.2) is 43.0 Å². The molecule has 0 saturated carbocycles. The van der Waals surface area contributed by atoms with E-state index in [1.807, 2.05) is 0 Å². The predicted molar refractivity (Wildman–Crippen MR) is 82.8 cm³/mol. The summed E-state index contributed by atoms with van der Waals surface area (Å²) < 4.78 is 106. The molecule has 0 amide bonds. The lowest BCUT2D eigenvalue weighted by molar-refractivity contribution is -0.411. The number of ether oxygens (including phenoxy) is 2. The van der Waals surface area contributed by atoms with Gasteiger partial charge in [-0.15, -0.1) is 13.2 Å². The number of alkyl halides is 6. The predicted octanol–water partition coefficient (Wildman–Crippen LogP) is 3.74. The molecule has 0 fully saturated rings. The SMILES string of the molecule is CCS(=O)(=O)c1cccnc1-c1ccc(OC(F)(F)C(F)OC(F)(F)F)cn1. The summed E-state index contributed by atoms with van der Waals surface area (Å²) >= 11 is 0. The fourth-order valence-electron chi connectivity index (χ4n) is 1.96. The number of aromatic nitrogens is 2. The largest absolute Gasteiger partial charge is 0.525 e. The first-order chi connectivity index (χ1) is 12.9. The Balaban J connectivity index is 2.26. The minimum atomic E-state index is -5.63. The van der Waals surface area contributed by atoms with Crippen molar-refractivity contribution < 1.29 is 44.2 Å². The average Bonchev–Trinajstić information content (AvgIpc) is 2.60. The molecule has 0 aliphatic rings. The Morgan fingerprint density at radius 3 is 2.32 bits per heavy atom.